The highest BCUT2D eigenvalue weighted by Gasteiger charge is 2.30. The van der Waals surface area contributed by atoms with Gasteiger partial charge in [0.05, 0.1) is 13.7 Å². The van der Waals surface area contributed by atoms with Crippen LogP contribution in [0.3, 0.4) is 0 Å². The molecule has 0 aliphatic heterocycles. The van der Waals surface area contributed by atoms with Crippen LogP contribution in [-0.4, -0.2) is 24.7 Å². The molecule has 1 heterocycles. The maximum absolute atomic E-state index is 12.3. The number of aromatic amines is 1. The second kappa shape index (κ2) is 6.49. The summed E-state index contributed by atoms with van der Waals surface area (Å²) in [6, 6.07) is 6.03. The highest BCUT2D eigenvalue weighted by molar-refractivity contribution is 5.93. The van der Waals surface area contributed by atoms with Gasteiger partial charge in [-0.15, -0.1) is 0 Å². The summed E-state index contributed by atoms with van der Waals surface area (Å²) < 4.78 is 10.7. The lowest BCUT2D eigenvalue weighted by Crippen LogP contribution is -2.15. The van der Waals surface area contributed by atoms with E-state index >= 15 is 0 Å². The van der Waals surface area contributed by atoms with E-state index in [0.29, 0.717) is 18.2 Å². The number of rotatable bonds is 5. The van der Waals surface area contributed by atoms with E-state index in [1.54, 1.807) is 7.11 Å². The lowest BCUT2D eigenvalue weighted by Gasteiger charge is -2.27. The molecular formula is C19H23NO3. The minimum Gasteiger partial charge on any atom is -0.496 e. The summed E-state index contributed by atoms with van der Waals surface area (Å²) in [7, 11) is 1.68. The summed E-state index contributed by atoms with van der Waals surface area (Å²) in [5, 5.41) is 0. The first-order valence-corrected chi connectivity index (χ1v) is 8.19. The summed E-state index contributed by atoms with van der Waals surface area (Å²) in [6.45, 7) is 4.27. The number of hydrogen-bond donors (Lipinski definition) is 1. The first-order valence-electron chi connectivity index (χ1n) is 8.19. The van der Waals surface area contributed by atoms with Crippen LogP contribution in [0.4, 0.5) is 0 Å². The second-order valence-electron chi connectivity index (χ2n) is 5.97. The Morgan fingerprint density at radius 1 is 1.30 bits per heavy atom. The average Bonchev–Trinajstić information content (AvgIpc) is 2.90. The molecule has 1 N–H and O–H groups in total. The molecule has 122 valence electrons. The summed E-state index contributed by atoms with van der Waals surface area (Å²) >= 11 is 0. The highest BCUT2D eigenvalue weighted by atomic mass is 16.5. The van der Waals surface area contributed by atoms with Gasteiger partial charge in [0.15, 0.2) is 0 Å². The van der Waals surface area contributed by atoms with E-state index in [2.05, 4.69) is 18.0 Å². The van der Waals surface area contributed by atoms with Crippen LogP contribution in [0.1, 0.15) is 53.7 Å². The van der Waals surface area contributed by atoms with E-state index < -0.39 is 0 Å². The molecule has 1 aromatic heterocycles. The van der Waals surface area contributed by atoms with Crippen LogP contribution >= 0.6 is 0 Å². The molecule has 1 aromatic carbocycles. The van der Waals surface area contributed by atoms with Crippen molar-refractivity contribution in [1.82, 2.24) is 4.98 Å². The molecule has 23 heavy (non-hydrogen) atoms. The average molecular weight is 313 g/mol. The number of hydrogen-bond acceptors (Lipinski definition) is 3. The Labute approximate surface area is 136 Å². The Kier molecular flexibility index (Phi) is 4.42. The number of H-pyrrole nitrogens is 1. The van der Waals surface area contributed by atoms with Gasteiger partial charge in [0.25, 0.3) is 0 Å². The fourth-order valence-electron chi connectivity index (χ4n) is 3.28. The molecule has 0 unspecified atom stereocenters. The molecule has 1 saturated carbocycles. The number of ether oxygens (including phenoxy) is 2. The van der Waals surface area contributed by atoms with Crippen molar-refractivity contribution in [3.05, 3.63) is 41.2 Å². The van der Waals surface area contributed by atoms with Crippen LogP contribution in [0.15, 0.2) is 24.4 Å². The van der Waals surface area contributed by atoms with E-state index in [9.17, 15) is 4.79 Å². The molecular weight excluding hydrogens is 290 g/mol. The largest absolute Gasteiger partial charge is 0.496 e. The fourth-order valence-corrected chi connectivity index (χ4v) is 3.28. The first kappa shape index (κ1) is 15.7. The lowest BCUT2D eigenvalue weighted by molar-refractivity contribution is 0.0517. The smallest absolute Gasteiger partial charge is 0.355 e. The third-order valence-electron chi connectivity index (χ3n) is 4.71. The molecule has 1 aliphatic rings. The summed E-state index contributed by atoms with van der Waals surface area (Å²) in [6.07, 6.45) is 5.40. The van der Waals surface area contributed by atoms with Gasteiger partial charge in [0, 0.05) is 11.8 Å². The minimum absolute atomic E-state index is 0.263. The van der Waals surface area contributed by atoms with Crippen LogP contribution in [0.2, 0.25) is 0 Å². The molecule has 1 aliphatic carbocycles. The quantitative estimate of drug-likeness (QED) is 0.830. The Hall–Kier alpha value is -2.23. The zero-order valence-corrected chi connectivity index (χ0v) is 13.9. The fraction of sp³-hybridized carbons (Fsp3) is 0.421. The molecule has 1 fully saturated rings. The van der Waals surface area contributed by atoms with Crippen LogP contribution in [-0.2, 0) is 4.74 Å². The molecule has 0 amide bonds. The van der Waals surface area contributed by atoms with E-state index in [4.69, 9.17) is 9.47 Å². The molecule has 4 nitrogen and oxygen atoms in total. The SMILES string of the molecule is CCOC(=O)c1[nH]cc(-c2cccc(OC)c2C)c1C1CCC1. The van der Waals surface area contributed by atoms with Crippen molar-refractivity contribution in [3.63, 3.8) is 0 Å². The standard InChI is InChI=1S/C19H23NO3/c1-4-23-19(21)18-17(13-7-5-8-13)15(11-20-18)14-9-6-10-16(22-3)12(14)2/h6,9-11,13,20H,4-5,7-8H2,1-3H3. The summed E-state index contributed by atoms with van der Waals surface area (Å²) in [5.74, 6) is 1.03. The second-order valence-corrected chi connectivity index (χ2v) is 5.97. The van der Waals surface area contributed by atoms with E-state index in [0.717, 1.165) is 40.8 Å². The van der Waals surface area contributed by atoms with Gasteiger partial charge in [-0.2, -0.15) is 0 Å². The van der Waals surface area contributed by atoms with Gasteiger partial charge in [-0.05, 0) is 55.4 Å². The van der Waals surface area contributed by atoms with Crippen molar-refractivity contribution in [2.75, 3.05) is 13.7 Å². The molecule has 0 spiro atoms. The Bertz CT molecular complexity index is 713. The minimum atomic E-state index is -0.263. The molecule has 0 bridgehead atoms. The van der Waals surface area contributed by atoms with Crippen LogP contribution < -0.4 is 4.74 Å². The summed E-state index contributed by atoms with van der Waals surface area (Å²) in [5.41, 5.74) is 5.00. The third-order valence-corrected chi connectivity index (χ3v) is 4.71. The zero-order chi connectivity index (χ0) is 16.4. The van der Waals surface area contributed by atoms with Crippen molar-refractivity contribution < 1.29 is 14.3 Å². The van der Waals surface area contributed by atoms with Gasteiger partial charge in [-0.25, -0.2) is 4.79 Å². The topological polar surface area (TPSA) is 51.3 Å². The van der Waals surface area contributed by atoms with Crippen molar-refractivity contribution >= 4 is 5.97 Å². The number of esters is 1. The molecule has 2 aromatic rings. The maximum Gasteiger partial charge on any atom is 0.355 e. The van der Waals surface area contributed by atoms with Crippen LogP contribution in [0, 0.1) is 6.92 Å². The number of methoxy groups -OCH3 is 1. The number of nitrogens with one attached hydrogen (secondary N) is 1. The van der Waals surface area contributed by atoms with E-state index in [1.807, 2.05) is 25.3 Å². The predicted molar refractivity (Wildman–Crippen MR) is 90.1 cm³/mol. The molecule has 0 radical (unpaired) electrons. The Morgan fingerprint density at radius 3 is 2.70 bits per heavy atom. The Balaban J connectivity index is 2.11. The van der Waals surface area contributed by atoms with E-state index in [1.165, 1.54) is 6.42 Å². The van der Waals surface area contributed by atoms with Gasteiger partial charge in [-0.3, -0.25) is 0 Å². The normalized spacial score (nSPS) is 14.4. The van der Waals surface area contributed by atoms with Crippen molar-refractivity contribution in [2.24, 2.45) is 0 Å². The number of carbonyl (C=O) groups excluding carboxylic acids is 1. The molecule has 0 atom stereocenters. The number of benzene rings is 1. The third kappa shape index (κ3) is 2.74. The maximum atomic E-state index is 12.3. The van der Waals surface area contributed by atoms with Crippen molar-refractivity contribution in [3.8, 4) is 16.9 Å². The van der Waals surface area contributed by atoms with Crippen LogP contribution in [0.5, 0.6) is 5.75 Å². The van der Waals surface area contributed by atoms with E-state index in [-0.39, 0.29) is 5.97 Å². The van der Waals surface area contributed by atoms with Gasteiger partial charge >= 0.3 is 5.97 Å². The van der Waals surface area contributed by atoms with Crippen LogP contribution in [0.25, 0.3) is 11.1 Å². The molecule has 3 rings (SSSR count). The van der Waals surface area contributed by atoms with Gasteiger partial charge in [-0.1, -0.05) is 18.6 Å². The van der Waals surface area contributed by atoms with Crippen molar-refractivity contribution in [1.29, 1.82) is 0 Å². The van der Waals surface area contributed by atoms with Crippen molar-refractivity contribution in [2.45, 2.75) is 39.0 Å². The predicted octanol–water partition coefficient (Wildman–Crippen LogP) is 4.44. The Morgan fingerprint density at radius 2 is 2.09 bits per heavy atom. The highest BCUT2D eigenvalue weighted by Crippen LogP contribution is 2.44. The monoisotopic (exact) mass is 313 g/mol. The lowest BCUT2D eigenvalue weighted by atomic mass is 9.77. The van der Waals surface area contributed by atoms with Gasteiger partial charge < -0.3 is 14.5 Å². The van der Waals surface area contributed by atoms with Gasteiger partial charge in [0.2, 0.25) is 0 Å². The zero-order valence-electron chi connectivity index (χ0n) is 13.9. The molecule has 0 saturated heterocycles. The molecule has 4 heteroatoms. The number of aromatic nitrogens is 1. The summed E-state index contributed by atoms with van der Waals surface area (Å²) in [4.78, 5) is 15.4. The number of carbonyl (C=O) groups is 1. The first-order chi connectivity index (χ1) is 11.2. The van der Waals surface area contributed by atoms with Gasteiger partial charge in [0.1, 0.15) is 11.4 Å².